The molecule has 9 rings (SSSR count). The third-order valence-corrected chi connectivity index (χ3v) is 8.91. The summed E-state index contributed by atoms with van der Waals surface area (Å²) in [5.74, 6) is 0. The Morgan fingerprint density at radius 2 is 0.727 bits per heavy atom. The number of fused-ring (bicyclic) bond motifs is 7. The zero-order valence-corrected chi connectivity index (χ0v) is 24.1. The van der Waals surface area contributed by atoms with E-state index in [1.807, 2.05) is 0 Å². The van der Waals surface area contributed by atoms with Crippen LogP contribution < -0.4 is 0 Å². The van der Waals surface area contributed by atoms with Crippen LogP contribution in [0.25, 0.3) is 77.2 Å². The smallest absolute Gasteiger partial charge is 0.0789 e. The van der Waals surface area contributed by atoms with Gasteiger partial charge in [0, 0.05) is 38.4 Å². The molecule has 0 N–H and O–H groups in total. The summed E-state index contributed by atoms with van der Waals surface area (Å²) < 4.78 is 4.99. The molecule has 0 spiro atoms. The fourth-order valence-electron chi connectivity index (χ4n) is 7.06. The lowest BCUT2D eigenvalue weighted by molar-refractivity contribution is 1.15. The lowest BCUT2D eigenvalue weighted by Gasteiger charge is -2.20. The van der Waals surface area contributed by atoms with Crippen LogP contribution in [0.3, 0.4) is 0 Å². The number of rotatable bonds is 4. The van der Waals surface area contributed by atoms with Crippen molar-refractivity contribution in [1.29, 1.82) is 0 Å². The van der Waals surface area contributed by atoms with Gasteiger partial charge in [-0.2, -0.15) is 0 Å². The van der Waals surface area contributed by atoms with Crippen LogP contribution in [0.4, 0.5) is 0 Å². The van der Waals surface area contributed by atoms with E-state index >= 15 is 0 Å². The molecule has 0 saturated carbocycles. The van der Waals surface area contributed by atoms with Crippen LogP contribution >= 0.6 is 0 Å². The molecule has 0 radical (unpaired) electrons. The van der Waals surface area contributed by atoms with Gasteiger partial charge in [0.1, 0.15) is 0 Å². The van der Waals surface area contributed by atoms with Crippen molar-refractivity contribution in [3.63, 3.8) is 0 Å². The van der Waals surface area contributed by atoms with Crippen molar-refractivity contribution in [3.8, 4) is 33.6 Å². The summed E-state index contributed by atoms with van der Waals surface area (Å²) in [4.78, 5) is 0. The van der Waals surface area contributed by atoms with Crippen LogP contribution in [0.5, 0.6) is 0 Å². The van der Waals surface area contributed by atoms with Crippen molar-refractivity contribution in [2.24, 2.45) is 0 Å². The zero-order chi connectivity index (χ0) is 29.0. The second kappa shape index (κ2) is 9.86. The maximum Gasteiger partial charge on any atom is 0.0789 e. The van der Waals surface area contributed by atoms with Crippen molar-refractivity contribution in [2.45, 2.75) is 0 Å². The molecule has 0 unspecified atom stereocenters. The van der Waals surface area contributed by atoms with Gasteiger partial charge < -0.3 is 9.13 Å². The lowest BCUT2D eigenvalue weighted by Crippen LogP contribution is -2.02. The van der Waals surface area contributed by atoms with Crippen LogP contribution in [-0.4, -0.2) is 9.13 Å². The molecule has 44 heavy (non-hydrogen) atoms. The number of aromatic nitrogens is 2. The summed E-state index contributed by atoms with van der Waals surface area (Å²) in [6.07, 6.45) is 0. The standard InChI is InChI=1S/C42H28N2/c1-4-15-29(16-5-1)32-23-14-24-33(30-17-6-2-7-18-30)40(32)44-39-26-13-11-22-35(39)37-28-27-36-34-21-10-12-25-38(34)43(41(36)42(37)44)31-19-8-3-9-20-31/h1-28H. The van der Waals surface area contributed by atoms with Gasteiger partial charge in [-0.25, -0.2) is 0 Å². The van der Waals surface area contributed by atoms with E-state index in [-0.39, 0.29) is 0 Å². The highest BCUT2D eigenvalue weighted by Gasteiger charge is 2.24. The van der Waals surface area contributed by atoms with E-state index in [9.17, 15) is 0 Å². The molecule has 0 saturated heterocycles. The fraction of sp³-hybridized carbons (Fsp3) is 0. The van der Waals surface area contributed by atoms with Crippen molar-refractivity contribution in [3.05, 3.63) is 170 Å². The fourth-order valence-corrected chi connectivity index (χ4v) is 7.06. The maximum atomic E-state index is 2.54. The molecular weight excluding hydrogens is 532 g/mol. The molecule has 0 amide bonds. The third kappa shape index (κ3) is 3.61. The van der Waals surface area contributed by atoms with Gasteiger partial charge in [-0.05, 0) is 35.4 Å². The summed E-state index contributed by atoms with van der Waals surface area (Å²) in [5.41, 5.74) is 12.0. The van der Waals surface area contributed by atoms with Gasteiger partial charge in [-0.1, -0.05) is 146 Å². The van der Waals surface area contributed by atoms with Gasteiger partial charge in [0.05, 0.1) is 27.8 Å². The van der Waals surface area contributed by atoms with E-state index in [0.717, 1.165) is 5.69 Å². The molecule has 0 atom stereocenters. The Balaban J connectivity index is 1.55. The first kappa shape index (κ1) is 24.7. The summed E-state index contributed by atoms with van der Waals surface area (Å²) >= 11 is 0. The first-order chi connectivity index (χ1) is 21.9. The van der Waals surface area contributed by atoms with E-state index in [1.54, 1.807) is 0 Å². The van der Waals surface area contributed by atoms with Crippen molar-refractivity contribution in [2.75, 3.05) is 0 Å². The number of hydrogen-bond donors (Lipinski definition) is 0. The van der Waals surface area contributed by atoms with Crippen LogP contribution in [0.1, 0.15) is 0 Å². The third-order valence-electron chi connectivity index (χ3n) is 8.91. The molecule has 0 aliphatic rings. The molecular formula is C42H28N2. The van der Waals surface area contributed by atoms with Crippen LogP contribution in [-0.2, 0) is 0 Å². The van der Waals surface area contributed by atoms with E-state index in [4.69, 9.17) is 0 Å². The van der Waals surface area contributed by atoms with Crippen molar-refractivity contribution >= 4 is 43.6 Å². The first-order valence-corrected chi connectivity index (χ1v) is 15.1. The van der Waals surface area contributed by atoms with Crippen molar-refractivity contribution in [1.82, 2.24) is 9.13 Å². The normalized spacial score (nSPS) is 11.6. The average molecular weight is 561 g/mol. The van der Waals surface area contributed by atoms with Crippen molar-refractivity contribution < 1.29 is 0 Å². The molecule has 7 aromatic carbocycles. The minimum Gasteiger partial charge on any atom is -0.307 e. The minimum atomic E-state index is 1.16. The summed E-state index contributed by atoms with van der Waals surface area (Å²) in [6.45, 7) is 0. The molecule has 0 fully saturated rings. The molecule has 9 aromatic rings. The summed E-state index contributed by atoms with van der Waals surface area (Å²) in [5, 5.41) is 5.00. The second-order valence-corrected chi connectivity index (χ2v) is 11.3. The highest BCUT2D eigenvalue weighted by molar-refractivity contribution is 6.24. The monoisotopic (exact) mass is 560 g/mol. The van der Waals surface area contributed by atoms with E-state index < -0.39 is 0 Å². The predicted molar refractivity (Wildman–Crippen MR) is 186 cm³/mol. The lowest BCUT2D eigenvalue weighted by atomic mass is 9.95. The van der Waals surface area contributed by atoms with Gasteiger partial charge in [0.15, 0.2) is 0 Å². The van der Waals surface area contributed by atoms with Gasteiger partial charge >= 0.3 is 0 Å². The second-order valence-electron chi connectivity index (χ2n) is 11.3. The van der Waals surface area contributed by atoms with Gasteiger partial charge in [0.25, 0.3) is 0 Å². The molecule has 2 nitrogen and oxygen atoms in total. The van der Waals surface area contributed by atoms with Gasteiger partial charge in [-0.15, -0.1) is 0 Å². The van der Waals surface area contributed by atoms with Crippen LogP contribution in [0, 0.1) is 0 Å². The predicted octanol–water partition coefficient (Wildman–Crippen LogP) is 11.2. The topological polar surface area (TPSA) is 9.86 Å². The largest absolute Gasteiger partial charge is 0.307 e. The Labute approximate surface area is 255 Å². The molecule has 2 aromatic heterocycles. The summed E-state index contributed by atoms with van der Waals surface area (Å²) in [6, 6.07) is 61.4. The Kier molecular flexibility index (Phi) is 5.54. The van der Waals surface area contributed by atoms with Gasteiger partial charge in [-0.3, -0.25) is 0 Å². The zero-order valence-electron chi connectivity index (χ0n) is 24.1. The van der Waals surface area contributed by atoms with Crippen LogP contribution in [0.15, 0.2) is 170 Å². The van der Waals surface area contributed by atoms with E-state index in [2.05, 4.69) is 179 Å². The Bertz CT molecular complexity index is 2410. The highest BCUT2D eigenvalue weighted by atomic mass is 15.0. The molecule has 2 heterocycles. The Morgan fingerprint density at radius 1 is 0.295 bits per heavy atom. The summed E-state index contributed by atoms with van der Waals surface area (Å²) in [7, 11) is 0. The quantitative estimate of drug-likeness (QED) is 0.203. The van der Waals surface area contributed by atoms with E-state index in [0.29, 0.717) is 0 Å². The number of benzene rings is 7. The van der Waals surface area contributed by atoms with E-state index in [1.165, 1.54) is 71.6 Å². The molecule has 206 valence electrons. The number of nitrogens with zero attached hydrogens (tertiary/aromatic N) is 2. The number of para-hydroxylation sites is 4. The Hall–Kier alpha value is -5.86. The highest BCUT2D eigenvalue weighted by Crippen LogP contribution is 2.45. The van der Waals surface area contributed by atoms with Gasteiger partial charge in [0.2, 0.25) is 0 Å². The molecule has 2 heteroatoms. The molecule has 0 aliphatic heterocycles. The molecule has 0 bridgehead atoms. The number of hydrogen-bond acceptors (Lipinski definition) is 0. The minimum absolute atomic E-state index is 1.16. The van der Waals surface area contributed by atoms with Crippen LogP contribution in [0.2, 0.25) is 0 Å². The SMILES string of the molecule is c1ccc(-c2cccc(-c3ccccc3)c2-n2c3ccccc3c3ccc4c5ccccc5n(-c5ccccc5)c4c32)cc1. The molecule has 0 aliphatic carbocycles. The maximum absolute atomic E-state index is 2.54. The average Bonchev–Trinajstić information content (AvgIpc) is 3.62. The Morgan fingerprint density at radius 3 is 1.27 bits per heavy atom. The first-order valence-electron chi connectivity index (χ1n) is 15.1.